The monoisotopic (exact) mass is 295 g/mol. The summed E-state index contributed by atoms with van der Waals surface area (Å²) in [7, 11) is 2.63. The van der Waals surface area contributed by atoms with E-state index in [0.29, 0.717) is 24.0 Å². The highest BCUT2D eigenvalue weighted by Gasteiger charge is 2.31. The Hall–Kier alpha value is -1.69. The average Bonchev–Trinajstić information content (AvgIpc) is 2.87. The summed E-state index contributed by atoms with van der Waals surface area (Å²) in [5.41, 5.74) is 2.88. The fourth-order valence-corrected chi connectivity index (χ4v) is 3.27. The molecule has 0 atom stereocenters. The molecule has 1 aromatic rings. The van der Waals surface area contributed by atoms with Crippen LogP contribution in [0.15, 0.2) is 11.1 Å². The Kier molecular flexibility index (Phi) is 4.54. The molecule has 2 rings (SSSR count). The van der Waals surface area contributed by atoms with Crippen molar-refractivity contribution in [3.05, 3.63) is 27.3 Å². The van der Waals surface area contributed by atoms with Crippen molar-refractivity contribution in [3.63, 3.8) is 0 Å². The van der Waals surface area contributed by atoms with E-state index in [-0.39, 0.29) is 0 Å². The molecule has 0 radical (unpaired) electrons. The molecule has 0 bridgehead atoms. The van der Waals surface area contributed by atoms with Crippen LogP contribution in [0.2, 0.25) is 0 Å². The molecule has 6 heteroatoms. The minimum atomic E-state index is -0.471. The van der Waals surface area contributed by atoms with Crippen LogP contribution in [0.5, 0.6) is 0 Å². The van der Waals surface area contributed by atoms with E-state index in [1.807, 2.05) is 0 Å². The molecule has 1 aliphatic rings. The Labute approximate surface area is 121 Å². The fraction of sp³-hybridized carbons (Fsp3) is 0.500. The van der Waals surface area contributed by atoms with Gasteiger partial charge in [-0.3, -0.25) is 0 Å². The zero-order valence-corrected chi connectivity index (χ0v) is 12.6. The van der Waals surface area contributed by atoms with Gasteiger partial charge < -0.3 is 9.47 Å². The summed E-state index contributed by atoms with van der Waals surface area (Å²) in [5, 5.41) is 0. The molecule has 1 aromatic heterocycles. The first-order valence-electron chi connectivity index (χ1n) is 6.47. The van der Waals surface area contributed by atoms with E-state index in [1.165, 1.54) is 25.8 Å². The van der Waals surface area contributed by atoms with Crippen molar-refractivity contribution in [1.29, 1.82) is 0 Å². The van der Waals surface area contributed by atoms with Gasteiger partial charge in [-0.1, -0.05) is 13.3 Å². The number of hydrogen-bond donors (Lipinski definition) is 0. The summed E-state index contributed by atoms with van der Waals surface area (Å²) in [5.74, 6) is -0.939. The summed E-state index contributed by atoms with van der Waals surface area (Å²) < 4.78 is 14.0. The zero-order chi connectivity index (χ0) is 14.7. The topological polar surface area (TPSA) is 65.5 Å². The van der Waals surface area contributed by atoms with Gasteiger partial charge in [-0.15, -0.1) is 0 Å². The highest BCUT2D eigenvalue weighted by atomic mass is 32.1. The third-order valence-corrected chi connectivity index (χ3v) is 4.28. The van der Waals surface area contributed by atoms with E-state index >= 15 is 0 Å². The maximum atomic E-state index is 11.9. The quantitative estimate of drug-likeness (QED) is 0.793. The van der Waals surface area contributed by atoms with Crippen LogP contribution in [0, 0.1) is 0 Å². The smallest absolute Gasteiger partial charge is 0.334 e. The lowest BCUT2D eigenvalue weighted by Gasteiger charge is -2.18. The van der Waals surface area contributed by atoms with Crippen molar-refractivity contribution >= 4 is 23.5 Å². The maximum absolute atomic E-state index is 11.9. The molecule has 0 N–H and O–H groups in total. The van der Waals surface area contributed by atoms with Crippen molar-refractivity contribution in [1.82, 2.24) is 4.37 Å². The van der Waals surface area contributed by atoms with Gasteiger partial charge in [0.05, 0.1) is 31.1 Å². The van der Waals surface area contributed by atoms with Crippen LogP contribution in [0.3, 0.4) is 0 Å². The van der Waals surface area contributed by atoms with Gasteiger partial charge in [-0.2, -0.15) is 4.37 Å². The van der Waals surface area contributed by atoms with Crippen molar-refractivity contribution in [2.75, 3.05) is 14.2 Å². The maximum Gasteiger partial charge on any atom is 0.334 e. The van der Waals surface area contributed by atoms with E-state index in [2.05, 4.69) is 11.3 Å². The zero-order valence-electron chi connectivity index (χ0n) is 11.8. The number of ether oxygens (including phenoxy) is 2. The molecule has 0 spiro atoms. The highest BCUT2D eigenvalue weighted by molar-refractivity contribution is 7.06. The van der Waals surface area contributed by atoms with E-state index in [4.69, 9.17) is 9.47 Å². The van der Waals surface area contributed by atoms with Crippen LogP contribution in [-0.4, -0.2) is 30.5 Å². The van der Waals surface area contributed by atoms with E-state index in [9.17, 15) is 9.59 Å². The first kappa shape index (κ1) is 14.7. The number of fused-ring (bicyclic) bond motifs is 1. The molecule has 0 aromatic carbocycles. The molecular weight excluding hydrogens is 278 g/mol. The van der Waals surface area contributed by atoms with Gasteiger partial charge in [0.2, 0.25) is 0 Å². The Morgan fingerprint density at radius 2 is 1.75 bits per heavy atom. The van der Waals surface area contributed by atoms with Crippen LogP contribution in [0.25, 0.3) is 0 Å². The van der Waals surface area contributed by atoms with Crippen LogP contribution in [0.1, 0.15) is 29.5 Å². The largest absolute Gasteiger partial charge is 0.466 e. The highest BCUT2D eigenvalue weighted by Crippen LogP contribution is 2.32. The number of esters is 2. The summed E-state index contributed by atoms with van der Waals surface area (Å²) in [4.78, 5) is 24.8. The Morgan fingerprint density at radius 3 is 2.30 bits per heavy atom. The van der Waals surface area contributed by atoms with Gasteiger partial charge in [0.25, 0.3) is 0 Å². The predicted molar refractivity (Wildman–Crippen MR) is 74.6 cm³/mol. The van der Waals surface area contributed by atoms with Crippen molar-refractivity contribution in [2.45, 2.75) is 32.6 Å². The second-order valence-electron chi connectivity index (χ2n) is 4.57. The van der Waals surface area contributed by atoms with E-state index < -0.39 is 11.9 Å². The molecule has 1 aliphatic carbocycles. The second kappa shape index (κ2) is 6.17. The number of rotatable bonds is 4. The molecule has 0 fully saturated rings. The third kappa shape index (κ3) is 2.60. The standard InChI is InChI=1S/C14H17NO4S/c1-4-5-11-10-6-8(13(16)18-2)9(14(17)19-3)7-12(10)20-15-11/h4-7H2,1-3H3. The lowest BCUT2D eigenvalue weighted by atomic mass is 9.89. The van der Waals surface area contributed by atoms with Gasteiger partial charge in [0.1, 0.15) is 0 Å². The normalized spacial score (nSPS) is 13.9. The number of carbonyl (C=O) groups excluding carboxylic acids is 2. The summed E-state index contributed by atoms with van der Waals surface area (Å²) in [6, 6.07) is 0. The number of aryl methyl sites for hydroxylation is 1. The summed E-state index contributed by atoms with van der Waals surface area (Å²) in [6.45, 7) is 2.09. The minimum absolute atomic E-state index is 0.388. The Bertz CT molecular complexity index is 574. The molecule has 0 unspecified atom stereocenters. The molecule has 20 heavy (non-hydrogen) atoms. The predicted octanol–water partition coefficient (Wildman–Crippen LogP) is 1.84. The number of methoxy groups -OCH3 is 2. The molecule has 0 amide bonds. The molecule has 1 heterocycles. The molecule has 0 saturated heterocycles. The molecule has 108 valence electrons. The molecular formula is C14H17NO4S. The van der Waals surface area contributed by atoms with Crippen LogP contribution in [0.4, 0.5) is 0 Å². The summed E-state index contributed by atoms with van der Waals surface area (Å²) >= 11 is 1.40. The van der Waals surface area contributed by atoms with Crippen molar-refractivity contribution in [2.24, 2.45) is 0 Å². The molecule has 0 saturated carbocycles. The first-order valence-corrected chi connectivity index (χ1v) is 7.24. The van der Waals surface area contributed by atoms with Gasteiger partial charge in [-0.25, -0.2) is 9.59 Å². The first-order chi connectivity index (χ1) is 9.62. The Balaban J connectivity index is 2.41. The van der Waals surface area contributed by atoms with E-state index in [1.54, 1.807) is 0 Å². The Morgan fingerprint density at radius 1 is 1.15 bits per heavy atom. The van der Waals surface area contributed by atoms with Gasteiger partial charge >= 0.3 is 11.9 Å². The number of carbonyl (C=O) groups is 2. The lowest BCUT2D eigenvalue weighted by Crippen LogP contribution is -2.21. The number of hydrogen-bond acceptors (Lipinski definition) is 6. The van der Waals surface area contributed by atoms with E-state index in [0.717, 1.165) is 29.0 Å². The van der Waals surface area contributed by atoms with Gasteiger partial charge in [-0.05, 0) is 23.5 Å². The number of aromatic nitrogens is 1. The van der Waals surface area contributed by atoms with Crippen molar-refractivity contribution in [3.8, 4) is 0 Å². The van der Waals surface area contributed by atoms with Gasteiger partial charge in [0.15, 0.2) is 0 Å². The lowest BCUT2D eigenvalue weighted by molar-refractivity contribution is -0.139. The number of nitrogens with zero attached hydrogens (tertiary/aromatic N) is 1. The van der Waals surface area contributed by atoms with Crippen LogP contribution >= 0.6 is 11.5 Å². The van der Waals surface area contributed by atoms with Crippen LogP contribution in [-0.2, 0) is 38.3 Å². The SMILES string of the molecule is CCCc1nsc2c1CC(C(=O)OC)=C(C(=O)OC)C2. The van der Waals surface area contributed by atoms with Crippen molar-refractivity contribution < 1.29 is 19.1 Å². The minimum Gasteiger partial charge on any atom is -0.466 e. The molecule has 5 nitrogen and oxygen atoms in total. The third-order valence-electron chi connectivity index (χ3n) is 3.36. The second-order valence-corrected chi connectivity index (χ2v) is 5.43. The van der Waals surface area contributed by atoms with Gasteiger partial charge in [0, 0.05) is 17.7 Å². The summed E-state index contributed by atoms with van der Waals surface area (Å²) in [6.07, 6.45) is 2.68. The van der Waals surface area contributed by atoms with Crippen LogP contribution < -0.4 is 0 Å². The fourth-order valence-electron chi connectivity index (χ4n) is 2.34. The average molecular weight is 295 g/mol. The molecule has 0 aliphatic heterocycles.